The summed E-state index contributed by atoms with van der Waals surface area (Å²) in [6.45, 7) is 15.7. The van der Waals surface area contributed by atoms with E-state index in [0.717, 1.165) is 12.8 Å². The highest BCUT2D eigenvalue weighted by atomic mass is 32.2. The van der Waals surface area contributed by atoms with E-state index >= 15 is 0 Å². The van der Waals surface area contributed by atoms with Crippen LogP contribution in [0.15, 0.2) is 0 Å². The molecule has 1 saturated heterocycles. The van der Waals surface area contributed by atoms with Crippen molar-refractivity contribution >= 4 is 17.5 Å². The summed E-state index contributed by atoms with van der Waals surface area (Å²) in [5.41, 5.74) is -0.480. The number of amides is 1. The van der Waals surface area contributed by atoms with Crippen LogP contribution in [0.5, 0.6) is 0 Å². The van der Waals surface area contributed by atoms with Crippen LogP contribution in [0, 0.1) is 5.92 Å². The van der Waals surface area contributed by atoms with Gasteiger partial charge < -0.3 is 19.3 Å². The third-order valence-corrected chi connectivity index (χ3v) is 6.59. The maximum Gasteiger partial charge on any atom is 0.410 e. The molecule has 1 fully saturated rings. The molecule has 0 aromatic rings. The zero-order chi connectivity index (χ0) is 20.1. The maximum atomic E-state index is 13.0. The van der Waals surface area contributed by atoms with Gasteiger partial charge in [0.25, 0.3) is 0 Å². The Labute approximate surface area is 162 Å². The lowest BCUT2D eigenvalue weighted by Gasteiger charge is -2.41. The molecule has 1 aliphatic rings. The van der Waals surface area contributed by atoms with E-state index in [4.69, 9.17) is 4.74 Å². The van der Waals surface area contributed by atoms with E-state index in [1.807, 2.05) is 45.8 Å². The second kappa shape index (κ2) is 9.62. The summed E-state index contributed by atoms with van der Waals surface area (Å²) in [6.07, 6.45) is 2.11. The maximum absolute atomic E-state index is 13.0. The predicted octanol–water partition coefficient (Wildman–Crippen LogP) is 3.17. The number of likely N-dealkylation sites (tertiary alicyclic amines) is 1. The molecule has 0 aromatic heterocycles. The van der Waals surface area contributed by atoms with Gasteiger partial charge in [-0.25, -0.2) is 4.79 Å². The lowest BCUT2D eigenvalue weighted by molar-refractivity contribution is 0.0156. The highest BCUT2D eigenvalue weighted by molar-refractivity contribution is 7.90. The lowest BCUT2D eigenvalue weighted by atomic mass is 9.90. The number of hydrogen-bond acceptors (Lipinski definition) is 5. The van der Waals surface area contributed by atoms with Gasteiger partial charge in [0.15, 0.2) is 0 Å². The average Bonchev–Trinajstić information content (AvgIpc) is 2.52. The number of piperidine rings is 1. The molecule has 1 rings (SSSR count). The monoisotopic (exact) mass is 390 g/mol. The second-order valence-corrected chi connectivity index (χ2v) is 11.3. The number of aliphatic hydroxyl groups is 1. The van der Waals surface area contributed by atoms with Gasteiger partial charge in [-0.05, 0) is 73.6 Å². The third-order valence-electron chi connectivity index (χ3n) is 4.60. The molecule has 1 heterocycles. The minimum Gasteiger partial charge on any atom is -0.597 e. The highest BCUT2D eigenvalue weighted by Crippen LogP contribution is 2.30. The molecule has 0 saturated carbocycles. The summed E-state index contributed by atoms with van der Waals surface area (Å²) >= 11 is -1.12. The zero-order valence-corrected chi connectivity index (χ0v) is 18.4. The summed E-state index contributed by atoms with van der Waals surface area (Å²) in [5, 5.41) is 9.20. The van der Waals surface area contributed by atoms with Crippen molar-refractivity contribution in [1.29, 1.82) is 0 Å². The molecular weight excluding hydrogens is 352 g/mol. The van der Waals surface area contributed by atoms with Crippen LogP contribution in [0.4, 0.5) is 4.79 Å². The van der Waals surface area contributed by atoms with Crippen LogP contribution in [0.1, 0.15) is 67.7 Å². The minimum atomic E-state index is -1.12. The van der Waals surface area contributed by atoms with Crippen molar-refractivity contribution in [1.82, 2.24) is 9.21 Å². The van der Waals surface area contributed by atoms with E-state index in [-0.39, 0.29) is 23.5 Å². The molecule has 0 aromatic carbocycles. The molecular formula is C19H38N2O4S. The van der Waals surface area contributed by atoms with E-state index in [0.29, 0.717) is 32.0 Å². The Morgan fingerprint density at radius 3 is 2.23 bits per heavy atom. The van der Waals surface area contributed by atoms with E-state index in [2.05, 4.69) is 6.92 Å². The van der Waals surface area contributed by atoms with Crippen LogP contribution in [-0.2, 0) is 16.1 Å². The van der Waals surface area contributed by atoms with E-state index in [1.54, 1.807) is 4.90 Å². The van der Waals surface area contributed by atoms with Crippen molar-refractivity contribution in [3.63, 3.8) is 0 Å². The van der Waals surface area contributed by atoms with Crippen molar-refractivity contribution in [2.75, 3.05) is 26.2 Å². The Morgan fingerprint density at radius 1 is 1.27 bits per heavy atom. The molecule has 2 unspecified atom stereocenters. The van der Waals surface area contributed by atoms with Gasteiger partial charge >= 0.3 is 6.09 Å². The second-order valence-electron chi connectivity index (χ2n) is 9.12. The SMILES string of the molecule is CC(C1CCN(C(=O)OC(C)(C)C)CC1)N(CCCO)[S+]([O-])C(C)(C)C. The Hall–Kier alpha value is -0.500. The number of carbonyl (C=O) groups excluding carboxylic acids is 1. The molecule has 7 heteroatoms. The molecule has 2 atom stereocenters. The largest absolute Gasteiger partial charge is 0.597 e. The number of aliphatic hydroxyl groups excluding tert-OH is 1. The predicted molar refractivity (Wildman–Crippen MR) is 106 cm³/mol. The van der Waals surface area contributed by atoms with Crippen LogP contribution in [-0.4, -0.2) is 67.6 Å². The van der Waals surface area contributed by atoms with E-state index in [9.17, 15) is 14.5 Å². The minimum absolute atomic E-state index is 0.0989. The number of hydrogen-bond donors (Lipinski definition) is 1. The third kappa shape index (κ3) is 7.25. The molecule has 1 amide bonds. The van der Waals surface area contributed by atoms with Crippen LogP contribution in [0.2, 0.25) is 0 Å². The van der Waals surface area contributed by atoms with E-state index in [1.165, 1.54) is 0 Å². The number of nitrogens with zero attached hydrogens (tertiary/aromatic N) is 2. The molecule has 26 heavy (non-hydrogen) atoms. The van der Waals surface area contributed by atoms with Crippen molar-refractivity contribution < 1.29 is 19.2 Å². The number of carbonyl (C=O) groups is 1. The first-order valence-corrected chi connectivity index (χ1v) is 10.7. The fourth-order valence-electron chi connectivity index (χ4n) is 3.14. The van der Waals surface area contributed by atoms with Gasteiger partial charge in [0.1, 0.15) is 10.3 Å². The Balaban J connectivity index is 2.68. The van der Waals surface area contributed by atoms with Gasteiger partial charge in [-0.1, -0.05) is 0 Å². The lowest BCUT2D eigenvalue weighted by Crippen LogP contribution is -2.52. The molecule has 0 aliphatic carbocycles. The first-order chi connectivity index (χ1) is 11.9. The standard InChI is InChI=1S/C19H38N2O4S/c1-15(21(11-8-14-22)26(24)19(5,6)7)16-9-12-20(13-10-16)17(23)25-18(2,3)4/h15-16,22H,8-14H2,1-7H3. The van der Waals surface area contributed by atoms with Gasteiger partial charge in [0, 0.05) is 37.6 Å². The molecule has 154 valence electrons. The van der Waals surface area contributed by atoms with Crippen molar-refractivity contribution in [3.8, 4) is 0 Å². The summed E-state index contributed by atoms with van der Waals surface area (Å²) < 4.78 is 20.1. The summed E-state index contributed by atoms with van der Waals surface area (Å²) in [6, 6.07) is 0.141. The molecule has 1 N–H and O–H groups in total. The molecule has 0 bridgehead atoms. The fourth-order valence-corrected chi connectivity index (χ4v) is 4.61. The van der Waals surface area contributed by atoms with Crippen LogP contribution < -0.4 is 0 Å². The summed E-state index contributed by atoms with van der Waals surface area (Å²) in [5.74, 6) is 0.374. The smallest absolute Gasteiger partial charge is 0.410 e. The topological polar surface area (TPSA) is 76.1 Å². The Morgan fingerprint density at radius 2 is 1.81 bits per heavy atom. The molecule has 0 radical (unpaired) electrons. The molecule has 6 nitrogen and oxygen atoms in total. The quantitative estimate of drug-likeness (QED) is 0.705. The molecule has 0 spiro atoms. The van der Waals surface area contributed by atoms with Crippen LogP contribution >= 0.6 is 0 Å². The Kier molecular flexibility index (Phi) is 8.71. The van der Waals surface area contributed by atoms with Crippen molar-refractivity contribution in [2.24, 2.45) is 5.92 Å². The Bertz CT molecular complexity index is 440. The summed E-state index contributed by atoms with van der Waals surface area (Å²) in [4.78, 5) is 14.0. The average molecular weight is 391 g/mol. The van der Waals surface area contributed by atoms with Crippen LogP contribution in [0.3, 0.4) is 0 Å². The van der Waals surface area contributed by atoms with Crippen molar-refractivity contribution in [3.05, 3.63) is 0 Å². The fraction of sp³-hybridized carbons (Fsp3) is 0.947. The van der Waals surface area contributed by atoms with Gasteiger partial charge in [0.2, 0.25) is 0 Å². The zero-order valence-electron chi connectivity index (χ0n) is 17.6. The normalized spacial score (nSPS) is 19.5. The molecule has 1 aliphatic heterocycles. The van der Waals surface area contributed by atoms with Gasteiger partial charge in [0.05, 0.1) is 6.04 Å². The first-order valence-electron chi connectivity index (χ1n) is 9.64. The van der Waals surface area contributed by atoms with Gasteiger partial charge in [-0.15, -0.1) is 4.31 Å². The van der Waals surface area contributed by atoms with Gasteiger partial charge in [-0.3, -0.25) is 0 Å². The number of ether oxygens (including phenoxy) is 1. The van der Waals surface area contributed by atoms with Gasteiger partial charge in [-0.2, -0.15) is 0 Å². The van der Waals surface area contributed by atoms with Crippen molar-refractivity contribution in [2.45, 2.75) is 84.1 Å². The van der Waals surface area contributed by atoms with Crippen LogP contribution in [0.25, 0.3) is 0 Å². The first kappa shape index (κ1) is 23.5. The number of rotatable bonds is 6. The highest BCUT2D eigenvalue weighted by Gasteiger charge is 2.39. The summed E-state index contributed by atoms with van der Waals surface area (Å²) in [7, 11) is 0. The van der Waals surface area contributed by atoms with E-state index < -0.39 is 17.0 Å².